The highest BCUT2D eigenvalue weighted by molar-refractivity contribution is 7.99. The summed E-state index contributed by atoms with van der Waals surface area (Å²) in [5.41, 5.74) is 0.114. The predicted octanol–water partition coefficient (Wildman–Crippen LogP) is 1.64. The van der Waals surface area contributed by atoms with Gasteiger partial charge in [-0.3, -0.25) is 14.9 Å². The summed E-state index contributed by atoms with van der Waals surface area (Å²) >= 11 is 1.13. The van der Waals surface area contributed by atoms with E-state index >= 15 is 0 Å². The number of nitro benzene ring substituents is 1. The molecule has 0 aliphatic heterocycles. The van der Waals surface area contributed by atoms with E-state index in [0.717, 1.165) is 18.3 Å². The number of aryl methyl sites for hydroxylation is 1. The van der Waals surface area contributed by atoms with Crippen LogP contribution in [0.3, 0.4) is 0 Å². The van der Waals surface area contributed by atoms with Gasteiger partial charge in [-0.25, -0.2) is 0 Å². The van der Waals surface area contributed by atoms with Crippen molar-refractivity contribution >= 4 is 35.8 Å². The highest BCUT2D eigenvalue weighted by Gasteiger charge is 2.19. The molecule has 0 spiro atoms. The fraction of sp³-hybridized carbons (Fsp3) is 0.357. The van der Waals surface area contributed by atoms with Crippen molar-refractivity contribution in [1.29, 1.82) is 0 Å². The number of hydrogen-bond donors (Lipinski definition) is 2. The van der Waals surface area contributed by atoms with Crippen molar-refractivity contribution in [3.63, 3.8) is 0 Å². The molecule has 2 aromatic rings. The third-order valence-corrected chi connectivity index (χ3v) is 4.24. The molecule has 1 heterocycles. The van der Waals surface area contributed by atoms with Crippen molar-refractivity contribution in [2.24, 2.45) is 7.05 Å². The third-order valence-electron chi connectivity index (χ3n) is 3.13. The quantitative estimate of drug-likeness (QED) is 0.402. The van der Waals surface area contributed by atoms with Crippen molar-refractivity contribution in [3.8, 4) is 0 Å². The van der Waals surface area contributed by atoms with Gasteiger partial charge in [0.25, 0.3) is 11.6 Å². The van der Waals surface area contributed by atoms with Gasteiger partial charge in [-0.15, -0.1) is 22.6 Å². The number of hydrogen-bond acceptors (Lipinski definition) is 7. The van der Waals surface area contributed by atoms with Crippen LogP contribution in [0.25, 0.3) is 0 Å². The summed E-state index contributed by atoms with van der Waals surface area (Å²) < 4.78 is 1.66. The van der Waals surface area contributed by atoms with Crippen LogP contribution in [0.2, 0.25) is 0 Å². The minimum absolute atomic E-state index is 0. The smallest absolute Gasteiger partial charge is 0.284 e. The molecule has 0 aliphatic rings. The number of amides is 1. The number of rotatable bonds is 8. The number of nitro groups is 1. The van der Waals surface area contributed by atoms with Crippen LogP contribution < -0.4 is 10.6 Å². The molecule has 0 fully saturated rings. The summed E-state index contributed by atoms with van der Waals surface area (Å²) in [6.45, 7) is 3.88. The molecular formula is C14H19ClN6O3S. The summed E-state index contributed by atoms with van der Waals surface area (Å²) in [5, 5.41) is 25.3. The van der Waals surface area contributed by atoms with Gasteiger partial charge in [0.2, 0.25) is 0 Å². The first kappa shape index (κ1) is 20.9. The van der Waals surface area contributed by atoms with Crippen LogP contribution in [0.4, 0.5) is 5.69 Å². The van der Waals surface area contributed by atoms with Gasteiger partial charge in [-0.1, -0.05) is 6.92 Å². The van der Waals surface area contributed by atoms with Gasteiger partial charge in [0.05, 0.1) is 9.82 Å². The molecule has 136 valence electrons. The predicted molar refractivity (Wildman–Crippen MR) is 96.3 cm³/mol. The summed E-state index contributed by atoms with van der Waals surface area (Å²) in [7, 11) is 1.75. The van der Waals surface area contributed by atoms with Gasteiger partial charge >= 0.3 is 0 Å². The van der Waals surface area contributed by atoms with E-state index in [2.05, 4.69) is 20.8 Å². The van der Waals surface area contributed by atoms with Crippen LogP contribution in [-0.2, 0) is 7.05 Å². The van der Waals surface area contributed by atoms with E-state index in [9.17, 15) is 14.9 Å². The number of nitrogens with one attached hydrogen (secondary N) is 2. The average Bonchev–Trinajstić information content (AvgIpc) is 2.96. The molecule has 9 nitrogen and oxygen atoms in total. The first-order valence-corrected chi connectivity index (χ1v) is 8.13. The molecule has 0 bridgehead atoms. The lowest BCUT2D eigenvalue weighted by molar-refractivity contribution is -0.387. The zero-order chi connectivity index (χ0) is 17.5. The van der Waals surface area contributed by atoms with Crippen LogP contribution in [0, 0.1) is 10.1 Å². The van der Waals surface area contributed by atoms with Crippen molar-refractivity contribution in [2.75, 3.05) is 19.6 Å². The Balaban J connectivity index is 0.00000312. The average molecular weight is 387 g/mol. The number of nitrogens with zero attached hydrogens (tertiary/aromatic N) is 4. The van der Waals surface area contributed by atoms with Gasteiger partial charge in [0.15, 0.2) is 5.16 Å². The van der Waals surface area contributed by atoms with E-state index in [0.29, 0.717) is 23.1 Å². The molecule has 2 N–H and O–H groups in total. The summed E-state index contributed by atoms with van der Waals surface area (Å²) in [5.74, 6) is -0.341. The zero-order valence-corrected chi connectivity index (χ0v) is 15.4. The summed E-state index contributed by atoms with van der Waals surface area (Å²) in [6, 6.07) is 4.40. The van der Waals surface area contributed by atoms with E-state index in [1.165, 1.54) is 12.4 Å². The second-order valence-electron chi connectivity index (χ2n) is 4.88. The van der Waals surface area contributed by atoms with Gasteiger partial charge in [-0.2, -0.15) is 0 Å². The Hall–Kier alpha value is -2.17. The normalized spacial score (nSPS) is 10.2. The number of carbonyl (C=O) groups is 1. The van der Waals surface area contributed by atoms with Gasteiger partial charge in [0, 0.05) is 31.8 Å². The molecule has 1 aromatic heterocycles. The maximum atomic E-state index is 12.1. The molecule has 0 unspecified atom stereocenters. The minimum Gasteiger partial charge on any atom is -0.351 e. The third kappa shape index (κ3) is 5.69. The molecule has 0 saturated carbocycles. The van der Waals surface area contributed by atoms with Crippen molar-refractivity contribution in [1.82, 2.24) is 25.4 Å². The molecule has 0 radical (unpaired) electrons. The van der Waals surface area contributed by atoms with E-state index in [1.807, 2.05) is 6.92 Å². The Bertz CT molecular complexity index is 739. The maximum Gasteiger partial charge on any atom is 0.284 e. The SMILES string of the molecule is CCNCCNC(=O)c1ccc(Sc2nncn2C)c([N+](=O)[O-])c1.Cl. The van der Waals surface area contributed by atoms with Crippen molar-refractivity contribution < 1.29 is 9.72 Å². The van der Waals surface area contributed by atoms with E-state index in [1.54, 1.807) is 23.7 Å². The Morgan fingerprint density at radius 1 is 1.40 bits per heavy atom. The number of aromatic nitrogens is 3. The molecule has 25 heavy (non-hydrogen) atoms. The topological polar surface area (TPSA) is 115 Å². The fourth-order valence-corrected chi connectivity index (χ4v) is 2.74. The van der Waals surface area contributed by atoms with Gasteiger partial charge < -0.3 is 15.2 Å². The Morgan fingerprint density at radius 3 is 2.76 bits per heavy atom. The molecule has 0 saturated heterocycles. The second kappa shape index (κ2) is 9.97. The lowest BCUT2D eigenvalue weighted by Crippen LogP contribution is -2.31. The van der Waals surface area contributed by atoms with Crippen molar-refractivity contribution in [3.05, 3.63) is 40.2 Å². The largest absolute Gasteiger partial charge is 0.351 e. The van der Waals surface area contributed by atoms with Gasteiger partial charge in [0.1, 0.15) is 6.33 Å². The Kier molecular flexibility index (Phi) is 8.32. The Morgan fingerprint density at radius 2 is 2.16 bits per heavy atom. The van der Waals surface area contributed by atoms with E-state index in [4.69, 9.17) is 0 Å². The zero-order valence-electron chi connectivity index (χ0n) is 13.8. The summed E-state index contributed by atoms with van der Waals surface area (Å²) in [4.78, 5) is 23.3. The van der Waals surface area contributed by atoms with Crippen LogP contribution in [0.15, 0.2) is 34.6 Å². The number of likely N-dealkylation sites (N-methyl/N-ethyl adjacent to an activating group) is 1. The first-order valence-electron chi connectivity index (χ1n) is 7.32. The van der Waals surface area contributed by atoms with Crippen LogP contribution in [0.1, 0.15) is 17.3 Å². The van der Waals surface area contributed by atoms with E-state index in [-0.39, 0.29) is 29.6 Å². The molecule has 11 heteroatoms. The summed E-state index contributed by atoms with van der Waals surface area (Å²) in [6.07, 6.45) is 1.51. The number of benzene rings is 1. The molecule has 0 aliphatic carbocycles. The molecule has 1 aromatic carbocycles. The molecular weight excluding hydrogens is 368 g/mol. The lowest BCUT2D eigenvalue weighted by Gasteiger charge is -2.07. The highest BCUT2D eigenvalue weighted by atomic mass is 35.5. The monoisotopic (exact) mass is 386 g/mol. The Labute approximate surface area is 155 Å². The highest BCUT2D eigenvalue weighted by Crippen LogP contribution is 2.34. The molecule has 2 rings (SSSR count). The number of carbonyl (C=O) groups excluding carboxylic acids is 1. The van der Waals surface area contributed by atoms with Gasteiger partial charge in [-0.05, 0) is 30.4 Å². The number of halogens is 1. The van der Waals surface area contributed by atoms with Crippen LogP contribution >= 0.6 is 24.2 Å². The molecule has 0 atom stereocenters. The lowest BCUT2D eigenvalue weighted by atomic mass is 10.2. The van der Waals surface area contributed by atoms with Crippen molar-refractivity contribution in [2.45, 2.75) is 17.0 Å². The standard InChI is InChI=1S/C14H18N6O3S.ClH/c1-3-15-6-7-16-13(21)10-4-5-12(11(8-10)20(22)23)24-14-18-17-9-19(14)2;/h4-5,8-9,15H,3,6-7H2,1-2H3,(H,16,21);1H. The fourth-order valence-electron chi connectivity index (χ4n) is 1.89. The van der Waals surface area contributed by atoms with Crippen LogP contribution in [-0.4, -0.2) is 45.2 Å². The first-order chi connectivity index (χ1) is 11.5. The van der Waals surface area contributed by atoms with E-state index < -0.39 is 4.92 Å². The second-order valence-corrected chi connectivity index (χ2v) is 5.88. The van der Waals surface area contributed by atoms with Crippen LogP contribution in [0.5, 0.6) is 0 Å². The molecule has 1 amide bonds. The maximum absolute atomic E-state index is 12.1. The minimum atomic E-state index is -0.506.